The summed E-state index contributed by atoms with van der Waals surface area (Å²) in [6.07, 6.45) is 4.52. The lowest BCUT2D eigenvalue weighted by Gasteiger charge is -2.10. The molecule has 30 heavy (non-hydrogen) atoms. The standard InChI is InChI=1S/C21H18ClN7O/c1-29-11-13(10-23-29)16-7-6-15(8-18(16)20-25-27-28-26-20)24-21(30)19-9-17(19)12-2-4-14(22)5-3-12/h2-8,10-11,17,19H,9H2,1H3,(H,24,30)(H,25,26,27,28). The number of hydrogen-bond acceptors (Lipinski definition) is 5. The maximum Gasteiger partial charge on any atom is 0.228 e. The Morgan fingerprint density at radius 2 is 2.03 bits per heavy atom. The zero-order valence-corrected chi connectivity index (χ0v) is 16.8. The lowest BCUT2D eigenvalue weighted by molar-refractivity contribution is -0.117. The minimum absolute atomic E-state index is 0.00291. The second-order valence-corrected chi connectivity index (χ2v) is 7.82. The van der Waals surface area contributed by atoms with Gasteiger partial charge in [0.05, 0.1) is 6.20 Å². The van der Waals surface area contributed by atoms with Crippen LogP contribution in [0.4, 0.5) is 5.69 Å². The van der Waals surface area contributed by atoms with Gasteiger partial charge in [-0.25, -0.2) is 0 Å². The van der Waals surface area contributed by atoms with Gasteiger partial charge in [0.1, 0.15) is 0 Å². The van der Waals surface area contributed by atoms with E-state index in [1.807, 2.05) is 55.7 Å². The van der Waals surface area contributed by atoms with Crippen LogP contribution in [-0.2, 0) is 11.8 Å². The van der Waals surface area contributed by atoms with Crippen molar-refractivity contribution in [3.05, 3.63) is 65.4 Å². The van der Waals surface area contributed by atoms with E-state index in [9.17, 15) is 4.79 Å². The highest BCUT2D eigenvalue weighted by molar-refractivity contribution is 6.30. The van der Waals surface area contributed by atoms with Crippen LogP contribution in [0.2, 0.25) is 5.02 Å². The van der Waals surface area contributed by atoms with Crippen LogP contribution in [0, 0.1) is 5.92 Å². The molecule has 1 amide bonds. The van der Waals surface area contributed by atoms with Crippen LogP contribution in [0.5, 0.6) is 0 Å². The number of rotatable bonds is 5. The molecule has 2 unspecified atom stereocenters. The summed E-state index contributed by atoms with van der Waals surface area (Å²) in [5.74, 6) is 0.643. The molecule has 0 radical (unpaired) electrons. The van der Waals surface area contributed by atoms with Crippen LogP contribution in [0.25, 0.3) is 22.5 Å². The average molecular weight is 420 g/mol. The first-order valence-corrected chi connectivity index (χ1v) is 9.89. The van der Waals surface area contributed by atoms with Gasteiger partial charge >= 0.3 is 0 Å². The first-order valence-electron chi connectivity index (χ1n) is 9.52. The van der Waals surface area contributed by atoms with Gasteiger partial charge in [-0.2, -0.15) is 10.3 Å². The molecule has 4 aromatic rings. The van der Waals surface area contributed by atoms with Crippen LogP contribution in [-0.4, -0.2) is 36.3 Å². The number of aryl methyl sites for hydroxylation is 1. The Kier molecular flexibility index (Phi) is 4.55. The van der Waals surface area contributed by atoms with Crippen molar-refractivity contribution in [2.24, 2.45) is 13.0 Å². The lowest BCUT2D eigenvalue weighted by Crippen LogP contribution is -2.14. The molecule has 1 aliphatic rings. The number of carbonyl (C=O) groups excluding carboxylic acids is 1. The predicted molar refractivity (Wildman–Crippen MR) is 113 cm³/mol. The first kappa shape index (κ1) is 18.5. The fourth-order valence-corrected chi connectivity index (χ4v) is 3.82. The van der Waals surface area contributed by atoms with Gasteiger partial charge in [0.25, 0.3) is 0 Å². The highest BCUT2D eigenvalue weighted by atomic mass is 35.5. The SMILES string of the molecule is Cn1cc(-c2ccc(NC(=O)C3CC3c3ccc(Cl)cc3)cc2-c2nn[nH]n2)cn1. The van der Waals surface area contributed by atoms with Crippen molar-refractivity contribution >= 4 is 23.2 Å². The van der Waals surface area contributed by atoms with Gasteiger partial charge in [0.2, 0.25) is 11.7 Å². The van der Waals surface area contributed by atoms with E-state index in [4.69, 9.17) is 11.6 Å². The summed E-state index contributed by atoms with van der Waals surface area (Å²) in [5, 5.41) is 22.3. The summed E-state index contributed by atoms with van der Waals surface area (Å²) in [7, 11) is 1.86. The Bertz CT molecular complexity index is 1200. The number of amides is 1. The Balaban J connectivity index is 1.38. The molecule has 2 aromatic heterocycles. The zero-order chi connectivity index (χ0) is 20.7. The molecule has 2 atom stereocenters. The van der Waals surface area contributed by atoms with Gasteiger partial charge in [-0.1, -0.05) is 29.8 Å². The van der Waals surface area contributed by atoms with Crippen molar-refractivity contribution < 1.29 is 4.79 Å². The number of tetrazole rings is 1. The van der Waals surface area contributed by atoms with E-state index in [1.54, 1.807) is 10.9 Å². The van der Waals surface area contributed by atoms with Crippen molar-refractivity contribution in [1.29, 1.82) is 0 Å². The predicted octanol–water partition coefficient (Wildman–Crippen LogP) is 3.66. The van der Waals surface area contributed by atoms with Crippen LogP contribution < -0.4 is 5.32 Å². The van der Waals surface area contributed by atoms with Crippen molar-refractivity contribution in [3.8, 4) is 22.5 Å². The molecule has 0 bridgehead atoms. The number of hydrogen-bond donors (Lipinski definition) is 2. The summed E-state index contributed by atoms with van der Waals surface area (Å²) in [6, 6.07) is 13.4. The Hall–Kier alpha value is -3.52. The molecule has 150 valence electrons. The Morgan fingerprint density at radius 3 is 2.73 bits per heavy atom. The number of benzene rings is 2. The molecular weight excluding hydrogens is 402 g/mol. The van der Waals surface area contributed by atoms with E-state index in [0.29, 0.717) is 16.5 Å². The second-order valence-electron chi connectivity index (χ2n) is 7.39. The molecular formula is C21H18ClN7O. The van der Waals surface area contributed by atoms with Crippen molar-refractivity contribution in [3.63, 3.8) is 0 Å². The Morgan fingerprint density at radius 1 is 1.20 bits per heavy atom. The molecule has 1 fully saturated rings. The minimum Gasteiger partial charge on any atom is -0.326 e. The third-order valence-corrected chi connectivity index (χ3v) is 5.57. The lowest BCUT2D eigenvalue weighted by atomic mass is 10.0. The summed E-state index contributed by atoms with van der Waals surface area (Å²) in [4.78, 5) is 12.8. The molecule has 2 heterocycles. The summed E-state index contributed by atoms with van der Waals surface area (Å²) in [5.41, 5.74) is 4.43. The smallest absolute Gasteiger partial charge is 0.228 e. The summed E-state index contributed by atoms with van der Waals surface area (Å²) < 4.78 is 1.73. The highest BCUT2D eigenvalue weighted by Crippen LogP contribution is 2.48. The third-order valence-electron chi connectivity index (χ3n) is 5.31. The second kappa shape index (κ2) is 7.38. The van der Waals surface area contributed by atoms with Gasteiger partial charge in [0.15, 0.2) is 0 Å². The number of aromatic amines is 1. The first-order chi connectivity index (χ1) is 14.6. The molecule has 0 spiro atoms. The zero-order valence-electron chi connectivity index (χ0n) is 16.1. The van der Waals surface area contributed by atoms with Crippen LogP contribution >= 0.6 is 11.6 Å². The molecule has 1 aliphatic carbocycles. The van der Waals surface area contributed by atoms with E-state index < -0.39 is 0 Å². The molecule has 9 heteroatoms. The number of carbonyl (C=O) groups is 1. The minimum atomic E-state index is -0.0437. The topological polar surface area (TPSA) is 101 Å². The molecule has 8 nitrogen and oxygen atoms in total. The number of nitrogens with zero attached hydrogens (tertiary/aromatic N) is 5. The highest BCUT2D eigenvalue weighted by Gasteiger charge is 2.43. The van der Waals surface area contributed by atoms with Gasteiger partial charge in [-0.15, -0.1) is 10.2 Å². The molecule has 1 saturated carbocycles. The van der Waals surface area contributed by atoms with Gasteiger partial charge in [0, 0.05) is 41.0 Å². The molecule has 0 saturated heterocycles. The molecule has 0 aliphatic heterocycles. The van der Waals surface area contributed by atoms with Crippen LogP contribution in [0.1, 0.15) is 17.9 Å². The van der Waals surface area contributed by atoms with Gasteiger partial charge in [-0.05, 0) is 52.9 Å². The van der Waals surface area contributed by atoms with Gasteiger partial charge in [-0.3, -0.25) is 9.48 Å². The van der Waals surface area contributed by atoms with E-state index in [1.165, 1.54) is 0 Å². The van der Waals surface area contributed by atoms with Crippen molar-refractivity contribution in [2.75, 3.05) is 5.32 Å². The maximum atomic E-state index is 12.8. The fraction of sp³-hybridized carbons (Fsp3) is 0.190. The summed E-state index contributed by atoms with van der Waals surface area (Å²) >= 11 is 5.96. The molecule has 2 aromatic carbocycles. The largest absolute Gasteiger partial charge is 0.326 e. The van der Waals surface area contributed by atoms with E-state index in [2.05, 4.69) is 31.0 Å². The molecule has 2 N–H and O–H groups in total. The number of H-pyrrole nitrogens is 1. The fourth-order valence-electron chi connectivity index (χ4n) is 3.69. The Labute approximate surface area is 177 Å². The van der Waals surface area contributed by atoms with E-state index in [0.717, 1.165) is 28.7 Å². The third kappa shape index (κ3) is 3.57. The van der Waals surface area contributed by atoms with Crippen molar-refractivity contribution in [1.82, 2.24) is 30.4 Å². The van der Waals surface area contributed by atoms with Crippen molar-refractivity contribution in [2.45, 2.75) is 12.3 Å². The van der Waals surface area contributed by atoms with Crippen LogP contribution in [0.15, 0.2) is 54.9 Å². The number of nitrogens with one attached hydrogen (secondary N) is 2. The van der Waals surface area contributed by atoms with Gasteiger partial charge < -0.3 is 5.32 Å². The molecule has 5 rings (SSSR count). The monoisotopic (exact) mass is 419 g/mol. The summed E-state index contributed by atoms with van der Waals surface area (Å²) in [6.45, 7) is 0. The quantitative estimate of drug-likeness (QED) is 0.514. The maximum absolute atomic E-state index is 12.8. The number of anilines is 1. The number of aromatic nitrogens is 6. The average Bonchev–Trinajstić information content (AvgIpc) is 3.14. The van der Waals surface area contributed by atoms with E-state index in [-0.39, 0.29) is 17.7 Å². The van der Waals surface area contributed by atoms with E-state index >= 15 is 0 Å². The van der Waals surface area contributed by atoms with Crippen LogP contribution in [0.3, 0.4) is 0 Å². The normalized spacial score (nSPS) is 17.7. The number of halogens is 1.